The van der Waals surface area contributed by atoms with Crippen LogP contribution in [0.15, 0.2) is 0 Å². The van der Waals surface area contributed by atoms with Crippen LogP contribution in [0.1, 0.15) is 65.2 Å². The van der Waals surface area contributed by atoms with Crippen LogP contribution in [0.2, 0.25) is 0 Å². The van der Waals surface area contributed by atoms with Crippen LogP contribution in [0.3, 0.4) is 0 Å². The maximum absolute atomic E-state index is 12.4. The third-order valence-electron chi connectivity index (χ3n) is 5.02. The van der Waals surface area contributed by atoms with Crippen LogP contribution >= 0.6 is 0 Å². The van der Waals surface area contributed by atoms with E-state index in [1.54, 1.807) is 0 Å². The summed E-state index contributed by atoms with van der Waals surface area (Å²) in [6, 6.07) is 0. The number of nitrogens with one attached hydrogen (secondary N) is 2. The van der Waals surface area contributed by atoms with Crippen molar-refractivity contribution in [1.82, 2.24) is 10.6 Å². The van der Waals surface area contributed by atoms with E-state index in [9.17, 15) is 4.79 Å². The average Bonchev–Trinajstić information content (AvgIpc) is 2.87. The standard InChI is InChI=1S/C15H28N2O/c1-3-15(10-7-11-17-15)13(18)16-12-14(2)8-5-4-6-9-14/h17H,3-12H2,1-2H3,(H,16,18). The number of amides is 1. The van der Waals surface area contributed by atoms with Crippen LogP contribution < -0.4 is 10.6 Å². The van der Waals surface area contributed by atoms with E-state index >= 15 is 0 Å². The molecule has 0 aromatic rings. The van der Waals surface area contributed by atoms with Gasteiger partial charge in [-0.2, -0.15) is 0 Å². The van der Waals surface area contributed by atoms with Crippen molar-refractivity contribution >= 4 is 5.91 Å². The van der Waals surface area contributed by atoms with Gasteiger partial charge in [0.1, 0.15) is 0 Å². The molecule has 3 nitrogen and oxygen atoms in total. The lowest BCUT2D eigenvalue weighted by Gasteiger charge is -2.35. The van der Waals surface area contributed by atoms with Crippen LogP contribution in [-0.4, -0.2) is 24.5 Å². The highest BCUT2D eigenvalue weighted by molar-refractivity contribution is 5.86. The van der Waals surface area contributed by atoms with Crippen LogP contribution in [0.4, 0.5) is 0 Å². The van der Waals surface area contributed by atoms with Gasteiger partial charge >= 0.3 is 0 Å². The summed E-state index contributed by atoms with van der Waals surface area (Å²) in [7, 11) is 0. The molecule has 1 aliphatic heterocycles. The van der Waals surface area contributed by atoms with Crippen LogP contribution in [-0.2, 0) is 4.79 Å². The van der Waals surface area contributed by atoms with E-state index in [1.165, 1.54) is 32.1 Å². The number of hydrogen-bond donors (Lipinski definition) is 2. The number of carbonyl (C=O) groups is 1. The first-order valence-corrected chi connectivity index (χ1v) is 7.64. The van der Waals surface area contributed by atoms with Gasteiger partial charge in [0.25, 0.3) is 0 Å². The van der Waals surface area contributed by atoms with Crippen molar-refractivity contribution in [2.45, 2.75) is 70.8 Å². The van der Waals surface area contributed by atoms with Crippen molar-refractivity contribution in [3.05, 3.63) is 0 Å². The molecular weight excluding hydrogens is 224 g/mol. The second-order valence-electron chi connectivity index (χ2n) is 6.52. The Morgan fingerprint density at radius 3 is 2.44 bits per heavy atom. The van der Waals surface area contributed by atoms with Gasteiger partial charge in [0.15, 0.2) is 0 Å². The molecule has 0 spiro atoms. The monoisotopic (exact) mass is 252 g/mol. The number of hydrogen-bond acceptors (Lipinski definition) is 2. The molecule has 2 N–H and O–H groups in total. The van der Waals surface area contributed by atoms with Gasteiger partial charge < -0.3 is 10.6 Å². The molecule has 1 aliphatic carbocycles. The number of carbonyl (C=O) groups excluding carboxylic acids is 1. The molecule has 0 bridgehead atoms. The molecule has 1 saturated carbocycles. The summed E-state index contributed by atoms with van der Waals surface area (Å²) in [5.41, 5.74) is 0.0620. The molecule has 2 aliphatic rings. The topological polar surface area (TPSA) is 41.1 Å². The fraction of sp³-hybridized carbons (Fsp3) is 0.933. The summed E-state index contributed by atoms with van der Waals surface area (Å²) < 4.78 is 0. The molecule has 1 amide bonds. The highest BCUT2D eigenvalue weighted by atomic mass is 16.2. The molecule has 0 radical (unpaired) electrons. The Kier molecular flexibility index (Phi) is 4.31. The normalized spacial score (nSPS) is 31.2. The quantitative estimate of drug-likeness (QED) is 0.807. The van der Waals surface area contributed by atoms with Gasteiger partial charge in [-0.15, -0.1) is 0 Å². The molecule has 2 fully saturated rings. The lowest BCUT2D eigenvalue weighted by atomic mass is 9.75. The van der Waals surface area contributed by atoms with E-state index in [0.29, 0.717) is 5.41 Å². The molecule has 1 atom stereocenters. The third kappa shape index (κ3) is 2.87. The fourth-order valence-corrected chi connectivity index (χ4v) is 3.51. The minimum Gasteiger partial charge on any atom is -0.354 e. The molecule has 0 aromatic carbocycles. The zero-order valence-corrected chi connectivity index (χ0v) is 12.0. The van der Waals surface area contributed by atoms with Crippen molar-refractivity contribution in [1.29, 1.82) is 0 Å². The minimum atomic E-state index is -0.273. The van der Waals surface area contributed by atoms with Gasteiger partial charge in [-0.05, 0) is 44.1 Å². The summed E-state index contributed by atoms with van der Waals surface area (Å²) in [4.78, 5) is 12.4. The predicted molar refractivity (Wildman–Crippen MR) is 74.5 cm³/mol. The Balaban J connectivity index is 1.87. The van der Waals surface area contributed by atoms with E-state index in [1.807, 2.05) is 0 Å². The Labute approximate surface area is 111 Å². The summed E-state index contributed by atoms with van der Waals surface area (Å²) in [5.74, 6) is 0.231. The van der Waals surface area contributed by atoms with Gasteiger partial charge in [0.05, 0.1) is 5.54 Å². The van der Waals surface area contributed by atoms with Crippen molar-refractivity contribution in [2.24, 2.45) is 5.41 Å². The summed E-state index contributed by atoms with van der Waals surface area (Å²) in [5, 5.41) is 6.63. The van der Waals surface area contributed by atoms with Crippen LogP contribution in [0.5, 0.6) is 0 Å². The van der Waals surface area contributed by atoms with Crippen molar-refractivity contribution in [3.8, 4) is 0 Å². The molecular formula is C15H28N2O. The largest absolute Gasteiger partial charge is 0.354 e. The molecule has 3 heteroatoms. The second kappa shape index (κ2) is 5.60. The molecule has 1 heterocycles. The summed E-state index contributed by atoms with van der Waals surface area (Å²) >= 11 is 0. The minimum absolute atomic E-state index is 0.231. The smallest absolute Gasteiger partial charge is 0.240 e. The van der Waals surface area contributed by atoms with Gasteiger partial charge in [-0.25, -0.2) is 0 Å². The first-order valence-electron chi connectivity index (χ1n) is 7.64. The lowest BCUT2D eigenvalue weighted by Crippen LogP contribution is -2.54. The van der Waals surface area contributed by atoms with E-state index in [-0.39, 0.29) is 11.4 Å². The average molecular weight is 252 g/mol. The third-order valence-corrected chi connectivity index (χ3v) is 5.02. The molecule has 18 heavy (non-hydrogen) atoms. The Hall–Kier alpha value is -0.570. The van der Waals surface area contributed by atoms with E-state index < -0.39 is 0 Å². The first kappa shape index (κ1) is 13.9. The maximum atomic E-state index is 12.4. The van der Waals surface area contributed by atoms with Gasteiger partial charge in [-0.3, -0.25) is 4.79 Å². The van der Waals surface area contributed by atoms with E-state index in [2.05, 4.69) is 24.5 Å². The maximum Gasteiger partial charge on any atom is 0.240 e. The molecule has 1 saturated heterocycles. The van der Waals surface area contributed by atoms with Crippen LogP contribution in [0.25, 0.3) is 0 Å². The Morgan fingerprint density at radius 1 is 1.17 bits per heavy atom. The first-order chi connectivity index (χ1) is 8.60. The van der Waals surface area contributed by atoms with Gasteiger partial charge in [-0.1, -0.05) is 33.1 Å². The Morgan fingerprint density at radius 2 is 1.89 bits per heavy atom. The summed E-state index contributed by atoms with van der Waals surface area (Å²) in [6.07, 6.45) is 9.55. The fourth-order valence-electron chi connectivity index (χ4n) is 3.51. The van der Waals surface area contributed by atoms with Gasteiger partial charge in [0.2, 0.25) is 5.91 Å². The van der Waals surface area contributed by atoms with E-state index in [0.717, 1.165) is 32.4 Å². The predicted octanol–water partition coefficient (Wildman–Crippen LogP) is 2.61. The molecule has 1 unspecified atom stereocenters. The summed E-state index contributed by atoms with van der Waals surface area (Å²) in [6.45, 7) is 6.28. The zero-order chi connectivity index (χ0) is 13.1. The highest BCUT2D eigenvalue weighted by Crippen LogP contribution is 2.35. The van der Waals surface area contributed by atoms with Crippen molar-refractivity contribution in [3.63, 3.8) is 0 Å². The molecule has 0 aromatic heterocycles. The number of rotatable bonds is 4. The SMILES string of the molecule is CCC1(C(=O)NCC2(C)CCCCC2)CCCN1. The van der Waals surface area contributed by atoms with E-state index in [4.69, 9.17) is 0 Å². The zero-order valence-electron chi connectivity index (χ0n) is 12.0. The van der Waals surface area contributed by atoms with Gasteiger partial charge in [0, 0.05) is 6.54 Å². The highest BCUT2D eigenvalue weighted by Gasteiger charge is 2.39. The van der Waals surface area contributed by atoms with Crippen molar-refractivity contribution < 1.29 is 4.79 Å². The molecule has 104 valence electrons. The second-order valence-corrected chi connectivity index (χ2v) is 6.52. The Bertz CT molecular complexity index is 289. The van der Waals surface area contributed by atoms with Crippen LogP contribution in [0, 0.1) is 5.41 Å². The van der Waals surface area contributed by atoms with Crippen molar-refractivity contribution in [2.75, 3.05) is 13.1 Å². The molecule has 2 rings (SSSR count). The lowest BCUT2D eigenvalue weighted by molar-refractivity contribution is -0.127.